The van der Waals surface area contributed by atoms with E-state index in [1.807, 2.05) is 7.05 Å². The predicted molar refractivity (Wildman–Crippen MR) is 80.4 cm³/mol. The van der Waals surface area contributed by atoms with E-state index in [1.54, 1.807) is 23.6 Å². The van der Waals surface area contributed by atoms with Crippen LogP contribution in [0.1, 0.15) is 37.9 Å². The van der Waals surface area contributed by atoms with E-state index in [4.69, 9.17) is 0 Å². The van der Waals surface area contributed by atoms with Crippen LogP contribution in [0.15, 0.2) is 23.0 Å². The summed E-state index contributed by atoms with van der Waals surface area (Å²) in [7, 11) is 3.67. The van der Waals surface area contributed by atoms with Gasteiger partial charge in [0.15, 0.2) is 5.96 Å². The minimum atomic E-state index is 0.624. The van der Waals surface area contributed by atoms with Crippen molar-refractivity contribution in [2.45, 2.75) is 38.6 Å². The van der Waals surface area contributed by atoms with Crippen LogP contribution in [0.5, 0.6) is 0 Å². The van der Waals surface area contributed by atoms with Gasteiger partial charge in [-0.1, -0.05) is 11.6 Å². The van der Waals surface area contributed by atoms with Gasteiger partial charge in [0, 0.05) is 20.6 Å². The molecule has 20 heavy (non-hydrogen) atoms. The first-order valence-electron chi connectivity index (χ1n) is 7.25. The van der Waals surface area contributed by atoms with Crippen molar-refractivity contribution in [3.63, 3.8) is 0 Å². The summed E-state index contributed by atoms with van der Waals surface area (Å²) < 4.78 is 1.76. The molecule has 0 bridgehead atoms. The van der Waals surface area contributed by atoms with E-state index in [0.717, 1.165) is 24.7 Å². The topological polar surface area (TPSA) is 67.1 Å². The van der Waals surface area contributed by atoms with Gasteiger partial charge < -0.3 is 10.6 Å². The Bertz CT molecular complexity index is 474. The van der Waals surface area contributed by atoms with Crippen molar-refractivity contribution >= 4 is 5.96 Å². The fourth-order valence-corrected chi connectivity index (χ4v) is 2.34. The maximum atomic E-state index is 4.22. The zero-order valence-corrected chi connectivity index (χ0v) is 12.4. The number of hydrogen-bond donors (Lipinski definition) is 2. The lowest BCUT2D eigenvalue weighted by molar-refractivity contribution is 0.657. The Hall–Kier alpha value is -1.85. The van der Waals surface area contributed by atoms with E-state index in [-0.39, 0.29) is 0 Å². The molecule has 0 aliphatic heterocycles. The first kappa shape index (κ1) is 14.6. The predicted octanol–water partition coefficient (Wildman–Crippen LogP) is 1.37. The standard InChI is InChI=1S/C14H24N6/c1-15-14(17-10-13-18-11-19-20(13)2)16-9-8-12-6-4-3-5-7-12/h6,11H,3-5,7-10H2,1-2H3,(H2,15,16,17). The van der Waals surface area contributed by atoms with E-state index >= 15 is 0 Å². The van der Waals surface area contributed by atoms with E-state index in [0.29, 0.717) is 6.54 Å². The van der Waals surface area contributed by atoms with E-state index < -0.39 is 0 Å². The van der Waals surface area contributed by atoms with Crippen molar-refractivity contribution in [3.8, 4) is 0 Å². The molecule has 6 heteroatoms. The molecule has 1 aliphatic rings. The zero-order valence-electron chi connectivity index (χ0n) is 12.4. The summed E-state index contributed by atoms with van der Waals surface area (Å²) in [6.07, 6.45) is 10.2. The molecule has 0 aromatic carbocycles. The highest BCUT2D eigenvalue weighted by Gasteiger charge is 2.05. The number of guanidine groups is 1. The van der Waals surface area contributed by atoms with Crippen molar-refractivity contribution in [2.75, 3.05) is 13.6 Å². The molecular formula is C14H24N6. The van der Waals surface area contributed by atoms with Crippen molar-refractivity contribution in [1.82, 2.24) is 25.4 Å². The summed E-state index contributed by atoms with van der Waals surface area (Å²) in [4.78, 5) is 8.39. The molecule has 0 spiro atoms. The number of rotatable bonds is 5. The molecule has 0 radical (unpaired) electrons. The van der Waals surface area contributed by atoms with Gasteiger partial charge >= 0.3 is 0 Å². The maximum absolute atomic E-state index is 4.22. The number of nitrogens with zero attached hydrogens (tertiary/aromatic N) is 4. The Morgan fingerprint density at radius 2 is 2.30 bits per heavy atom. The third-order valence-electron chi connectivity index (χ3n) is 3.57. The van der Waals surface area contributed by atoms with Gasteiger partial charge in [-0.15, -0.1) is 0 Å². The molecule has 2 rings (SSSR count). The Morgan fingerprint density at radius 3 is 2.95 bits per heavy atom. The van der Waals surface area contributed by atoms with Crippen molar-refractivity contribution in [1.29, 1.82) is 0 Å². The monoisotopic (exact) mass is 276 g/mol. The Morgan fingerprint density at radius 1 is 1.40 bits per heavy atom. The second-order valence-corrected chi connectivity index (χ2v) is 5.01. The van der Waals surface area contributed by atoms with Crippen molar-refractivity contribution in [3.05, 3.63) is 23.8 Å². The molecule has 1 aliphatic carbocycles. The normalized spacial score (nSPS) is 15.9. The smallest absolute Gasteiger partial charge is 0.191 e. The zero-order chi connectivity index (χ0) is 14.2. The molecule has 0 amide bonds. The SMILES string of the molecule is CN=C(NCCC1=CCCCC1)NCc1ncnn1C. The van der Waals surface area contributed by atoms with Gasteiger partial charge in [-0.2, -0.15) is 5.10 Å². The largest absolute Gasteiger partial charge is 0.356 e. The number of allylic oxidation sites excluding steroid dienone is 1. The van der Waals surface area contributed by atoms with Gasteiger partial charge in [-0.3, -0.25) is 9.67 Å². The van der Waals surface area contributed by atoms with Crippen LogP contribution in [0.25, 0.3) is 0 Å². The highest BCUT2D eigenvalue weighted by atomic mass is 15.3. The van der Waals surface area contributed by atoms with Gasteiger partial charge in [0.25, 0.3) is 0 Å². The lowest BCUT2D eigenvalue weighted by Gasteiger charge is -2.15. The highest BCUT2D eigenvalue weighted by Crippen LogP contribution is 2.19. The molecule has 6 nitrogen and oxygen atoms in total. The number of aromatic nitrogens is 3. The maximum Gasteiger partial charge on any atom is 0.191 e. The van der Waals surface area contributed by atoms with Crippen LogP contribution in [0.2, 0.25) is 0 Å². The van der Waals surface area contributed by atoms with Crippen LogP contribution in [0, 0.1) is 0 Å². The van der Waals surface area contributed by atoms with Crippen molar-refractivity contribution < 1.29 is 0 Å². The third kappa shape index (κ3) is 4.36. The minimum Gasteiger partial charge on any atom is -0.356 e. The summed E-state index contributed by atoms with van der Waals surface area (Å²) in [5.74, 6) is 1.70. The quantitative estimate of drug-likeness (QED) is 0.484. The molecule has 0 unspecified atom stereocenters. The molecule has 1 heterocycles. The molecule has 0 saturated heterocycles. The minimum absolute atomic E-state index is 0.624. The van der Waals surface area contributed by atoms with Crippen LogP contribution in [0.3, 0.4) is 0 Å². The summed E-state index contributed by atoms with van der Waals surface area (Å²) in [5.41, 5.74) is 1.58. The molecular weight excluding hydrogens is 252 g/mol. The van der Waals surface area contributed by atoms with Crippen LogP contribution < -0.4 is 10.6 Å². The third-order valence-corrected chi connectivity index (χ3v) is 3.57. The van der Waals surface area contributed by atoms with Crippen LogP contribution in [0.4, 0.5) is 0 Å². The average Bonchev–Trinajstić information content (AvgIpc) is 2.89. The lowest BCUT2D eigenvalue weighted by atomic mass is 9.97. The van der Waals surface area contributed by atoms with Crippen LogP contribution in [-0.2, 0) is 13.6 Å². The van der Waals surface area contributed by atoms with E-state index in [2.05, 4.69) is 31.8 Å². The molecule has 1 aromatic rings. The van der Waals surface area contributed by atoms with Gasteiger partial charge in [0.2, 0.25) is 0 Å². The first-order chi connectivity index (χ1) is 9.79. The highest BCUT2D eigenvalue weighted by molar-refractivity contribution is 5.79. The van der Waals surface area contributed by atoms with Gasteiger partial charge in [-0.25, -0.2) is 4.98 Å². The molecule has 0 atom stereocenters. The van der Waals surface area contributed by atoms with E-state index in [1.165, 1.54) is 25.7 Å². The number of aliphatic imine (C=N–C) groups is 1. The van der Waals surface area contributed by atoms with Crippen LogP contribution in [-0.4, -0.2) is 34.3 Å². The molecule has 2 N–H and O–H groups in total. The summed E-state index contributed by atoms with van der Waals surface area (Å²) in [5, 5.41) is 10.6. The Kier molecular flexibility index (Phi) is 5.58. The Balaban J connectivity index is 1.70. The average molecular weight is 276 g/mol. The van der Waals surface area contributed by atoms with Gasteiger partial charge in [0.1, 0.15) is 12.2 Å². The second-order valence-electron chi connectivity index (χ2n) is 5.01. The van der Waals surface area contributed by atoms with Crippen molar-refractivity contribution in [2.24, 2.45) is 12.0 Å². The molecule has 110 valence electrons. The van der Waals surface area contributed by atoms with Gasteiger partial charge in [0.05, 0.1) is 6.54 Å². The number of aryl methyl sites for hydroxylation is 1. The molecule has 0 saturated carbocycles. The molecule has 0 fully saturated rings. The fraction of sp³-hybridized carbons (Fsp3) is 0.643. The number of nitrogens with one attached hydrogen (secondary N) is 2. The summed E-state index contributed by atoms with van der Waals surface area (Å²) in [6.45, 7) is 1.54. The van der Waals surface area contributed by atoms with Crippen LogP contribution >= 0.6 is 0 Å². The van der Waals surface area contributed by atoms with Gasteiger partial charge in [-0.05, 0) is 32.1 Å². The molecule has 1 aromatic heterocycles. The summed E-state index contributed by atoms with van der Waals surface area (Å²) >= 11 is 0. The lowest BCUT2D eigenvalue weighted by Crippen LogP contribution is -2.38. The second kappa shape index (κ2) is 7.67. The van der Waals surface area contributed by atoms with E-state index in [9.17, 15) is 0 Å². The number of hydrogen-bond acceptors (Lipinski definition) is 3. The summed E-state index contributed by atoms with van der Waals surface area (Å²) in [6, 6.07) is 0. The fourth-order valence-electron chi connectivity index (χ4n) is 2.34. The Labute approximate surface area is 120 Å². The first-order valence-corrected chi connectivity index (χ1v) is 7.25.